The molecule has 0 aliphatic carbocycles. The molecule has 0 saturated carbocycles. The fourth-order valence-corrected chi connectivity index (χ4v) is 2.11. The maximum atomic E-state index is 12.2. The van der Waals surface area contributed by atoms with E-state index in [1.165, 1.54) is 0 Å². The molecule has 25 heavy (non-hydrogen) atoms. The van der Waals surface area contributed by atoms with Gasteiger partial charge in [0.2, 0.25) is 0 Å². The minimum atomic E-state index is -4.42. The van der Waals surface area contributed by atoms with Crippen molar-refractivity contribution >= 4 is 19.9 Å². The Labute approximate surface area is 147 Å². The van der Waals surface area contributed by atoms with Gasteiger partial charge in [-0.3, -0.25) is 9.05 Å². The lowest BCUT2D eigenvalue weighted by molar-refractivity contribution is -0.158. The van der Waals surface area contributed by atoms with Crippen LogP contribution in [0.15, 0.2) is 0 Å². The summed E-state index contributed by atoms with van der Waals surface area (Å²) in [4.78, 5) is 33.5. The quantitative estimate of drug-likeness (QED) is 0.416. The summed E-state index contributed by atoms with van der Waals surface area (Å²) in [5, 5.41) is 2.25. The van der Waals surface area contributed by atoms with Crippen molar-refractivity contribution in [3.05, 3.63) is 0 Å². The Morgan fingerprint density at radius 3 is 2.04 bits per heavy atom. The normalized spacial score (nSPS) is 15.8. The summed E-state index contributed by atoms with van der Waals surface area (Å²) in [5.74, 6) is -0.850. The van der Waals surface area contributed by atoms with Gasteiger partial charge in [-0.15, -0.1) is 0 Å². The summed E-state index contributed by atoms with van der Waals surface area (Å²) in [5.41, 5.74) is 3.55. The summed E-state index contributed by atoms with van der Waals surface area (Å²) in [6.07, 6.45) is -0.900. The van der Waals surface area contributed by atoms with Crippen molar-refractivity contribution in [2.24, 2.45) is 5.73 Å². The van der Waals surface area contributed by atoms with Crippen molar-refractivity contribution in [3.8, 4) is 0 Å². The number of nitrogens with two attached hydrogens (primary N) is 1. The number of phosphoric ester groups is 1. The van der Waals surface area contributed by atoms with Crippen molar-refractivity contribution in [2.75, 3.05) is 19.8 Å². The highest BCUT2D eigenvalue weighted by Crippen LogP contribution is 2.42. The second kappa shape index (κ2) is 9.49. The smallest absolute Gasteiger partial charge is 0.458 e. The molecule has 0 saturated heterocycles. The van der Waals surface area contributed by atoms with E-state index in [2.05, 4.69) is 9.84 Å². The van der Waals surface area contributed by atoms with Crippen LogP contribution in [-0.2, 0) is 27.9 Å². The Morgan fingerprint density at radius 2 is 1.60 bits per heavy atom. The molecule has 0 aliphatic heterocycles. The Morgan fingerprint density at radius 1 is 1.08 bits per heavy atom. The molecular formula is C14H29N2O8P. The van der Waals surface area contributed by atoms with Crippen LogP contribution in [0.1, 0.15) is 41.5 Å². The molecule has 0 aromatic rings. The maximum absolute atomic E-state index is 12.2. The molecule has 1 amide bonds. The summed E-state index contributed by atoms with van der Waals surface area (Å²) in [6, 6.07) is -1.36. The first-order valence-corrected chi connectivity index (χ1v) is 9.19. The standard InChI is InChI=1S/C14H29N2O8P/c1-13(2,3)23-11(17)10(16-12(18)24-14(4,5)6)9-22-25(19,20)21-8-7-15/h10H,7-9,15H2,1-6H3,(H,16,18)(H,19,20). The summed E-state index contributed by atoms with van der Waals surface area (Å²) >= 11 is 0. The van der Waals surface area contributed by atoms with Crippen LogP contribution in [0, 0.1) is 0 Å². The number of alkyl carbamates (subject to hydrolysis) is 1. The van der Waals surface area contributed by atoms with Crippen LogP contribution in [0.2, 0.25) is 0 Å². The van der Waals surface area contributed by atoms with E-state index in [0.717, 1.165) is 0 Å². The molecule has 0 bridgehead atoms. The molecule has 0 aromatic heterocycles. The number of ether oxygens (including phenoxy) is 2. The van der Waals surface area contributed by atoms with Crippen LogP contribution in [0.3, 0.4) is 0 Å². The Bertz CT molecular complexity index is 498. The summed E-state index contributed by atoms with van der Waals surface area (Å²) in [6.45, 7) is 9.01. The first-order valence-electron chi connectivity index (χ1n) is 7.69. The van der Waals surface area contributed by atoms with Crippen molar-refractivity contribution in [1.82, 2.24) is 5.32 Å². The van der Waals surface area contributed by atoms with Gasteiger partial charge in [-0.2, -0.15) is 0 Å². The van der Waals surface area contributed by atoms with Gasteiger partial charge in [0.05, 0.1) is 13.2 Å². The zero-order valence-corrected chi connectivity index (χ0v) is 16.4. The monoisotopic (exact) mass is 384 g/mol. The molecule has 2 atom stereocenters. The molecule has 0 aromatic carbocycles. The number of rotatable bonds is 8. The zero-order valence-electron chi connectivity index (χ0n) is 15.5. The fourth-order valence-electron chi connectivity index (χ4n) is 1.37. The molecule has 0 aliphatic rings. The van der Waals surface area contributed by atoms with E-state index in [1.807, 2.05) is 0 Å². The van der Waals surface area contributed by atoms with Crippen LogP contribution in [0.4, 0.5) is 4.79 Å². The van der Waals surface area contributed by atoms with E-state index in [0.29, 0.717) is 0 Å². The molecule has 0 radical (unpaired) electrons. The fraction of sp³-hybridized carbons (Fsp3) is 0.857. The van der Waals surface area contributed by atoms with Gasteiger partial charge in [0, 0.05) is 6.54 Å². The number of phosphoric acid groups is 1. The van der Waals surface area contributed by atoms with Gasteiger partial charge in [0.1, 0.15) is 11.2 Å². The Hall–Kier alpha value is -1.19. The average Bonchev–Trinajstić information content (AvgIpc) is 2.37. The molecule has 0 rings (SSSR count). The molecule has 148 valence electrons. The predicted molar refractivity (Wildman–Crippen MR) is 89.8 cm³/mol. The van der Waals surface area contributed by atoms with Crippen molar-refractivity contribution in [1.29, 1.82) is 0 Å². The number of hydrogen-bond acceptors (Lipinski definition) is 8. The van der Waals surface area contributed by atoms with E-state index >= 15 is 0 Å². The lowest BCUT2D eigenvalue weighted by Crippen LogP contribution is -2.48. The van der Waals surface area contributed by atoms with Gasteiger partial charge in [-0.25, -0.2) is 14.2 Å². The van der Waals surface area contributed by atoms with Gasteiger partial charge in [0.15, 0.2) is 6.04 Å². The first kappa shape index (κ1) is 23.8. The van der Waals surface area contributed by atoms with Crippen molar-refractivity contribution < 1.29 is 37.6 Å². The van der Waals surface area contributed by atoms with Gasteiger partial charge in [0.25, 0.3) is 0 Å². The van der Waals surface area contributed by atoms with E-state index in [1.54, 1.807) is 41.5 Å². The van der Waals surface area contributed by atoms with Gasteiger partial charge >= 0.3 is 19.9 Å². The minimum Gasteiger partial charge on any atom is -0.458 e. The average molecular weight is 384 g/mol. The second-order valence-corrected chi connectivity index (χ2v) is 8.57. The lowest BCUT2D eigenvalue weighted by atomic mass is 10.2. The number of esters is 1. The Balaban J connectivity index is 4.98. The van der Waals surface area contributed by atoms with Crippen molar-refractivity contribution in [3.63, 3.8) is 0 Å². The summed E-state index contributed by atoms with van der Waals surface area (Å²) < 4.78 is 31.2. The Kier molecular flexibility index (Phi) is 9.04. The van der Waals surface area contributed by atoms with E-state index < -0.39 is 43.7 Å². The lowest BCUT2D eigenvalue weighted by Gasteiger charge is -2.26. The number of hydrogen-bond donors (Lipinski definition) is 3. The van der Waals surface area contributed by atoms with Crippen LogP contribution < -0.4 is 11.1 Å². The van der Waals surface area contributed by atoms with Crippen LogP contribution in [-0.4, -0.2) is 54.0 Å². The molecule has 2 unspecified atom stereocenters. The molecule has 4 N–H and O–H groups in total. The third-order valence-corrected chi connectivity index (χ3v) is 3.14. The van der Waals surface area contributed by atoms with E-state index in [9.17, 15) is 19.0 Å². The van der Waals surface area contributed by atoms with Crippen molar-refractivity contribution in [2.45, 2.75) is 58.8 Å². The van der Waals surface area contributed by atoms with Crippen LogP contribution >= 0.6 is 7.82 Å². The topological polar surface area (TPSA) is 146 Å². The van der Waals surface area contributed by atoms with Gasteiger partial charge in [-0.05, 0) is 41.5 Å². The number of carbonyl (C=O) groups excluding carboxylic acids is 2. The number of amides is 1. The molecule has 11 heteroatoms. The largest absolute Gasteiger partial charge is 0.472 e. The van der Waals surface area contributed by atoms with Gasteiger partial charge < -0.3 is 25.4 Å². The highest BCUT2D eigenvalue weighted by atomic mass is 31.2. The first-order chi connectivity index (χ1) is 11.2. The summed E-state index contributed by atoms with van der Waals surface area (Å²) in [7, 11) is -4.42. The van der Waals surface area contributed by atoms with Crippen LogP contribution in [0.25, 0.3) is 0 Å². The van der Waals surface area contributed by atoms with Gasteiger partial charge in [-0.1, -0.05) is 0 Å². The predicted octanol–water partition coefficient (Wildman–Crippen LogP) is 1.31. The molecule has 0 spiro atoms. The zero-order chi connectivity index (χ0) is 19.9. The molecule has 0 heterocycles. The number of carbonyl (C=O) groups is 2. The number of nitrogens with one attached hydrogen (secondary N) is 1. The second-order valence-electron chi connectivity index (χ2n) is 7.12. The third-order valence-electron chi connectivity index (χ3n) is 2.16. The SMILES string of the molecule is CC(C)(C)OC(=O)NC(COP(=O)(O)OCCN)C(=O)OC(C)(C)C. The highest BCUT2D eigenvalue weighted by molar-refractivity contribution is 7.47. The maximum Gasteiger partial charge on any atom is 0.472 e. The molecule has 0 fully saturated rings. The third kappa shape index (κ3) is 12.8. The molecule has 10 nitrogen and oxygen atoms in total. The van der Waals surface area contributed by atoms with E-state index in [4.69, 9.17) is 19.7 Å². The van der Waals surface area contributed by atoms with E-state index in [-0.39, 0.29) is 13.2 Å². The highest BCUT2D eigenvalue weighted by Gasteiger charge is 2.32. The molecular weight excluding hydrogens is 355 g/mol. The minimum absolute atomic E-state index is 0.0135. The van der Waals surface area contributed by atoms with Crippen LogP contribution in [0.5, 0.6) is 0 Å².